The van der Waals surface area contributed by atoms with Crippen LogP contribution in [-0.2, 0) is 7.05 Å². The van der Waals surface area contributed by atoms with Crippen molar-refractivity contribution in [1.29, 1.82) is 0 Å². The second-order valence-electron chi connectivity index (χ2n) is 3.04. The molecule has 0 unspecified atom stereocenters. The van der Waals surface area contributed by atoms with E-state index >= 15 is 0 Å². The van der Waals surface area contributed by atoms with Gasteiger partial charge in [-0.05, 0) is 18.0 Å². The summed E-state index contributed by atoms with van der Waals surface area (Å²) in [6.07, 6.45) is 0. The van der Waals surface area contributed by atoms with Gasteiger partial charge in [-0.3, -0.25) is 9.93 Å². The van der Waals surface area contributed by atoms with Gasteiger partial charge < -0.3 is 4.57 Å². The molecule has 1 aromatic carbocycles. The van der Waals surface area contributed by atoms with E-state index in [0.29, 0.717) is 0 Å². The minimum absolute atomic E-state index is 0.0309. The minimum Gasteiger partial charge on any atom is -0.311 e. The Morgan fingerprint density at radius 2 is 2.07 bits per heavy atom. The number of fused-ring (bicyclic) bond motifs is 1. The Kier molecular flexibility index (Phi) is 2.31. The molecular weight excluding hydrogens is 196 g/mol. The molecule has 0 saturated heterocycles. The molecule has 1 aromatic heterocycles. The molecule has 0 aliphatic rings. The fourth-order valence-corrected chi connectivity index (χ4v) is 1.95. The summed E-state index contributed by atoms with van der Waals surface area (Å²) < 4.78 is 1.62. The summed E-state index contributed by atoms with van der Waals surface area (Å²) in [5, 5.41) is 6.52. The Morgan fingerprint density at radius 1 is 1.36 bits per heavy atom. The number of hydrogen-bond donors (Lipinski definition) is 1. The fourth-order valence-electron chi connectivity index (χ4n) is 1.48. The zero-order valence-corrected chi connectivity index (χ0v) is 8.54. The number of para-hydroxylation sites is 1. The summed E-state index contributed by atoms with van der Waals surface area (Å²) in [5.74, 6) is 0. The summed E-state index contributed by atoms with van der Waals surface area (Å²) in [6.45, 7) is 0. The maximum atomic E-state index is 11.5. The zero-order valence-electron chi connectivity index (χ0n) is 7.73. The maximum Gasteiger partial charge on any atom is 0.251 e. The normalized spacial score (nSPS) is 10.7. The second kappa shape index (κ2) is 3.48. The zero-order chi connectivity index (χ0) is 10.1. The molecule has 0 fully saturated rings. The number of benzene rings is 1. The molecule has 2 N–H and O–H groups in total. The number of aromatic nitrogens is 1. The predicted molar refractivity (Wildman–Crippen MR) is 59.2 cm³/mol. The Morgan fingerprint density at radius 3 is 2.79 bits per heavy atom. The van der Waals surface area contributed by atoms with Crippen LogP contribution in [0.2, 0.25) is 0 Å². The number of nitrogens with zero attached hydrogens (tertiary/aromatic N) is 1. The van der Waals surface area contributed by atoms with Crippen LogP contribution in [0.25, 0.3) is 10.9 Å². The van der Waals surface area contributed by atoms with Crippen molar-refractivity contribution in [2.24, 2.45) is 12.2 Å². The molecule has 72 valence electrons. The van der Waals surface area contributed by atoms with Crippen molar-refractivity contribution in [3.05, 3.63) is 40.7 Å². The molecule has 3 nitrogen and oxygen atoms in total. The van der Waals surface area contributed by atoms with Gasteiger partial charge >= 0.3 is 0 Å². The van der Waals surface area contributed by atoms with Gasteiger partial charge in [-0.15, -0.1) is 0 Å². The molecule has 14 heavy (non-hydrogen) atoms. The van der Waals surface area contributed by atoms with Crippen molar-refractivity contribution in [3.8, 4) is 0 Å². The van der Waals surface area contributed by atoms with E-state index in [1.54, 1.807) is 17.7 Å². The van der Waals surface area contributed by atoms with Gasteiger partial charge in [-0.1, -0.05) is 18.2 Å². The molecule has 0 amide bonds. The van der Waals surface area contributed by atoms with Gasteiger partial charge in [0, 0.05) is 23.4 Å². The smallest absolute Gasteiger partial charge is 0.251 e. The van der Waals surface area contributed by atoms with Crippen LogP contribution < -0.4 is 10.7 Å². The molecule has 0 aliphatic heterocycles. The topological polar surface area (TPSA) is 48.0 Å². The standard InChI is InChI=1S/C10H10N2OS/c1-12-8-5-3-2-4-7(8)9(14-11)6-10(12)13/h2-6H,11H2,1H3. The van der Waals surface area contributed by atoms with Crippen molar-refractivity contribution in [2.45, 2.75) is 4.90 Å². The molecule has 4 heteroatoms. The van der Waals surface area contributed by atoms with Gasteiger partial charge in [-0.2, -0.15) is 0 Å². The Hall–Kier alpha value is -1.26. The lowest BCUT2D eigenvalue weighted by Crippen LogP contribution is -2.16. The van der Waals surface area contributed by atoms with Crippen LogP contribution in [0.5, 0.6) is 0 Å². The molecule has 0 aliphatic carbocycles. The maximum absolute atomic E-state index is 11.5. The molecule has 0 atom stereocenters. The summed E-state index contributed by atoms with van der Waals surface area (Å²) >= 11 is 1.11. The van der Waals surface area contributed by atoms with Gasteiger partial charge in [0.05, 0.1) is 5.52 Å². The van der Waals surface area contributed by atoms with Crippen LogP contribution in [0.4, 0.5) is 0 Å². The van der Waals surface area contributed by atoms with E-state index in [9.17, 15) is 4.79 Å². The number of aryl methyl sites for hydroxylation is 1. The monoisotopic (exact) mass is 206 g/mol. The highest BCUT2D eigenvalue weighted by Crippen LogP contribution is 2.21. The van der Waals surface area contributed by atoms with Crippen molar-refractivity contribution in [2.75, 3.05) is 0 Å². The van der Waals surface area contributed by atoms with Gasteiger partial charge in [-0.25, -0.2) is 0 Å². The Balaban J connectivity index is 2.97. The van der Waals surface area contributed by atoms with Crippen LogP contribution in [0.3, 0.4) is 0 Å². The first-order chi connectivity index (χ1) is 6.74. The van der Waals surface area contributed by atoms with E-state index < -0.39 is 0 Å². The molecular formula is C10H10N2OS. The van der Waals surface area contributed by atoms with Crippen molar-refractivity contribution < 1.29 is 0 Å². The molecule has 2 aromatic rings. The van der Waals surface area contributed by atoms with Crippen LogP contribution in [-0.4, -0.2) is 4.57 Å². The average Bonchev–Trinajstić information content (AvgIpc) is 2.23. The van der Waals surface area contributed by atoms with E-state index in [-0.39, 0.29) is 5.56 Å². The highest BCUT2D eigenvalue weighted by Gasteiger charge is 2.04. The third kappa shape index (κ3) is 1.32. The van der Waals surface area contributed by atoms with Gasteiger partial charge in [0.1, 0.15) is 0 Å². The molecule has 2 rings (SSSR count). The van der Waals surface area contributed by atoms with Crippen LogP contribution in [0.1, 0.15) is 0 Å². The highest BCUT2D eigenvalue weighted by atomic mass is 32.2. The third-order valence-electron chi connectivity index (χ3n) is 2.24. The lowest BCUT2D eigenvalue weighted by molar-refractivity contribution is 0.898. The molecule has 1 heterocycles. The van der Waals surface area contributed by atoms with Crippen molar-refractivity contribution in [3.63, 3.8) is 0 Å². The Labute approximate surface area is 85.7 Å². The molecule has 0 bridgehead atoms. The van der Waals surface area contributed by atoms with E-state index in [1.807, 2.05) is 24.3 Å². The fraction of sp³-hybridized carbons (Fsp3) is 0.100. The molecule has 0 saturated carbocycles. The number of nitrogens with two attached hydrogens (primary N) is 1. The summed E-state index contributed by atoms with van der Waals surface area (Å²) in [4.78, 5) is 12.3. The lowest BCUT2D eigenvalue weighted by atomic mass is 10.2. The second-order valence-corrected chi connectivity index (χ2v) is 3.72. The first kappa shape index (κ1) is 9.30. The third-order valence-corrected chi connectivity index (χ3v) is 2.83. The van der Waals surface area contributed by atoms with Gasteiger partial charge in [0.25, 0.3) is 5.56 Å². The number of pyridine rings is 1. The quantitative estimate of drug-likeness (QED) is 0.719. The first-order valence-corrected chi connectivity index (χ1v) is 5.07. The van der Waals surface area contributed by atoms with Gasteiger partial charge in [0.2, 0.25) is 0 Å². The van der Waals surface area contributed by atoms with Crippen molar-refractivity contribution in [1.82, 2.24) is 4.57 Å². The van der Waals surface area contributed by atoms with Crippen LogP contribution >= 0.6 is 11.9 Å². The van der Waals surface area contributed by atoms with E-state index in [1.165, 1.54) is 0 Å². The van der Waals surface area contributed by atoms with Crippen LogP contribution in [0, 0.1) is 0 Å². The van der Waals surface area contributed by atoms with Crippen molar-refractivity contribution >= 4 is 22.9 Å². The lowest BCUT2D eigenvalue weighted by Gasteiger charge is -2.07. The summed E-state index contributed by atoms with van der Waals surface area (Å²) in [5.41, 5.74) is 0.879. The van der Waals surface area contributed by atoms with E-state index in [2.05, 4.69) is 0 Å². The number of hydrogen-bond acceptors (Lipinski definition) is 3. The molecule has 0 spiro atoms. The van der Waals surface area contributed by atoms with Gasteiger partial charge in [0.15, 0.2) is 0 Å². The average molecular weight is 206 g/mol. The predicted octanol–water partition coefficient (Wildman–Crippen LogP) is 1.50. The van der Waals surface area contributed by atoms with E-state index in [4.69, 9.17) is 5.14 Å². The largest absolute Gasteiger partial charge is 0.311 e. The van der Waals surface area contributed by atoms with E-state index in [0.717, 1.165) is 27.7 Å². The number of rotatable bonds is 1. The first-order valence-electron chi connectivity index (χ1n) is 4.19. The minimum atomic E-state index is -0.0309. The molecule has 0 radical (unpaired) electrons. The Bertz CT molecular complexity index is 533. The van der Waals surface area contributed by atoms with Crippen LogP contribution in [0.15, 0.2) is 40.0 Å². The summed E-state index contributed by atoms with van der Waals surface area (Å²) in [7, 11) is 1.76. The summed E-state index contributed by atoms with van der Waals surface area (Å²) in [6, 6.07) is 9.28. The SMILES string of the molecule is Cn1c(=O)cc(SN)c2ccccc21. The highest BCUT2D eigenvalue weighted by molar-refractivity contribution is 7.97.